The van der Waals surface area contributed by atoms with Crippen molar-refractivity contribution in [1.82, 2.24) is 18.7 Å². The van der Waals surface area contributed by atoms with Gasteiger partial charge in [0.15, 0.2) is 11.2 Å². The topological polar surface area (TPSA) is 89.5 Å². The van der Waals surface area contributed by atoms with Crippen molar-refractivity contribution in [2.45, 2.75) is 19.9 Å². The Labute approximate surface area is 165 Å². The van der Waals surface area contributed by atoms with E-state index in [1.165, 1.54) is 17.7 Å². The molecule has 4 rings (SSSR count). The molecule has 3 heterocycles. The number of hydrogen-bond acceptors (Lipinski definition) is 6. The third-order valence-corrected chi connectivity index (χ3v) is 5.29. The molecule has 1 N–H and O–H groups in total. The monoisotopic (exact) mass is 399 g/mol. The zero-order valence-electron chi connectivity index (χ0n) is 16.7. The number of nitrogens with one attached hydrogen (secondary N) is 1. The van der Waals surface area contributed by atoms with Gasteiger partial charge in [0, 0.05) is 20.6 Å². The normalized spacial score (nSPS) is 16.1. The third kappa shape index (κ3) is 2.91. The molecule has 9 nitrogen and oxygen atoms in total. The van der Waals surface area contributed by atoms with Crippen LogP contribution in [0.1, 0.15) is 19.9 Å². The van der Waals surface area contributed by atoms with Crippen molar-refractivity contribution in [1.29, 1.82) is 0 Å². The lowest BCUT2D eigenvalue weighted by Gasteiger charge is -2.29. The Morgan fingerprint density at radius 1 is 1.17 bits per heavy atom. The van der Waals surface area contributed by atoms with E-state index in [2.05, 4.69) is 15.4 Å². The minimum Gasteiger partial charge on any atom is -0.381 e. The molecule has 0 radical (unpaired) electrons. The van der Waals surface area contributed by atoms with Crippen LogP contribution in [0.3, 0.4) is 0 Å². The Kier molecular flexibility index (Phi) is 4.48. The molecule has 0 amide bonds. The highest BCUT2D eigenvalue weighted by Gasteiger charge is 2.30. The lowest BCUT2D eigenvalue weighted by Crippen LogP contribution is -2.39. The average Bonchev–Trinajstić information content (AvgIpc) is 3.11. The summed E-state index contributed by atoms with van der Waals surface area (Å²) in [6.45, 7) is 4.62. The molecule has 1 aliphatic rings. The molecule has 0 saturated heterocycles. The number of nitrogens with zero attached hydrogens (tertiary/aromatic N) is 6. The van der Waals surface area contributed by atoms with Crippen molar-refractivity contribution in [3.63, 3.8) is 0 Å². The summed E-state index contributed by atoms with van der Waals surface area (Å²) in [5.41, 5.74) is 1.06. The Hall–Kier alpha value is -3.43. The summed E-state index contributed by atoms with van der Waals surface area (Å²) < 4.78 is 18.1. The van der Waals surface area contributed by atoms with Crippen LogP contribution in [-0.2, 0) is 14.1 Å². The summed E-state index contributed by atoms with van der Waals surface area (Å²) in [6.07, 6.45) is 0. The van der Waals surface area contributed by atoms with Gasteiger partial charge in [0.25, 0.3) is 5.56 Å². The maximum absolute atomic E-state index is 13.8. The second-order valence-electron chi connectivity index (χ2n) is 7.11. The zero-order chi connectivity index (χ0) is 20.9. The molecule has 0 bridgehead atoms. The lowest BCUT2D eigenvalue weighted by molar-refractivity contribution is 0.626. The van der Waals surface area contributed by atoms with Gasteiger partial charge in [-0.15, -0.1) is 0 Å². The first-order valence-corrected chi connectivity index (χ1v) is 9.30. The van der Waals surface area contributed by atoms with E-state index in [0.29, 0.717) is 35.9 Å². The van der Waals surface area contributed by atoms with E-state index in [0.717, 1.165) is 10.3 Å². The first-order valence-electron chi connectivity index (χ1n) is 9.30. The fraction of sp³-hybridized carbons (Fsp3) is 0.368. The number of aryl methyl sites for hydroxylation is 1. The number of anilines is 2. The van der Waals surface area contributed by atoms with Crippen molar-refractivity contribution in [3.05, 3.63) is 50.9 Å². The summed E-state index contributed by atoms with van der Waals surface area (Å²) in [4.78, 5) is 29.7. The summed E-state index contributed by atoms with van der Waals surface area (Å²) in [5, 5.41) is 9.32. The summed E-state index contributed by atoms with van der Waals surface area (Å²) in [7, 11) is 3.04. The van der Waals surface area contributed by atoms with Crippen LogP contribution in [0.15, 0.2) is 39.0 Å². The molecule has 0 saturated carbocycles. The molecule has 0 unspecified atom stereocenters. The predicted molar refractivity (Wildman–Crippen MR) is 110 cm³/mol. The Morgan fingerprint density at radius 2 is 1.90 bits per heavy atom. The van der Waals surface area contributed by atoms with Gasteiger partial charge in [0.1, 0.15) is 5.82 Å². The van der Waals surface area contributed by atoms with Crippen LogP contribution in [0, 0.1) is 5.82 Å². The number of aromatic nitrogens is 4. The fourth-order valence-corrected chi connectivity index (χ4v) is 3.51. The fourth-order valence-electron chi connectivity index (χ4n) is 3.51. The van der Waals surface area contributed by atoms with Gasteiger partial charge in [0.05, 0.1) is 24.0 Å². The Bertz CT molecular complexity index is 1250. The van der Waals surface area contributed by atoms with Gasteiger partial charge >= 0.3 is 5.69 Å². The first kappa shape index (κ1) is 18.9. The van der Waals surface area contributed by atoms with Gasteiger partial charge in [-0.3, -0.25) is 18.5 Å². The first-order chi connectivity index (χ1) is 13.8. The van der Waals surface area contributed by atoms with E-state index < -0.39 is 11.2 Å². The van der Waals surface area contributed by atoms with Crippen LogP contribution in [0.5, 0.6) is 0 Å². The number of fused-ring (bicyclic) bond motifs is 3. The quantitative estimate of drug-likeness (QED) is 0.717. The number of rotatable bonds is 4. The van der Waals surface area contributed by atoms with Crippen LogP contribution in [-0.4, -0.2) is 37.5 Å². The Morgan fingerprint density at radius 3 is 2.62 bits per heavy atom. The molecule has 29 heavy (non-hydrogen) atoms. The van der Waals surface area contributed by atoms with Gasteiger partial charge in [0.2, 0.25) is 5.95 Å². The highest BCUT2D eigenvalue weighted by atomic mass is 19.1. The number of benzene rings is 1. The number of halogens is 1. The maximum Gasteiger partial charge on any atom is 0.332 e. The molecule has 152 valence electrons. The van der Waals surface area contributed by atoms with Gasteiger partial charge in [-0.1, -0.05) is 12.1 Å². The second-order valence-corrected chi connectivity index (χ2v) is 7.11. The molecule has 1 aliphatic heterocycles. The number of imidazole rings is 1. The summed E-state index contributed by atoms with van der Waals surface area (Å²) >= 11 is 0. The van der Waals surface area contributed by atoms with E-state index in [1.54, 1.807) is 30.3 Å². The van der Waals surface area contributed by atoms with E-state index in [1.807, 2.05) is 18.4 Å². The van der Waals surface area contributed by atoms with Gasteiger partial charge in [-0.25, -0.2) is 14.2 Å². The van der Waals surface area contributed by atoms with E-state index in [4.69, 9.17) is 0 Å². The molecule has 0 aliphatic carbocycles. The van der Waals surface area contributed by atoms with Gasteiger partial charge in [-0.2, -0.15) is 10.1 Å². The minimum atomic E-state index is -0.434. The maximum atomic E-state index is 13.8. The van der Waals surface area contributed by atoms with Crippen LogP contribution in [0.2, 0.25) is 0 Å². The highest BCUT2D eigenvalue weighted by Crippen LogP contribution is 2.29. The average molecular weight is 399 g/mol. The van der Waals surface area contributed by atoms with E-state index >= 15 is 0 Å². The smallest absolute Gasteiger partial charge is 0.332 e. The number of para-hydroxylation sites is 1. The summed E-state index contributed by atoms with van der Waals surface area (Å²) in [6, 6.07) is 6.26. The molecule has 3 aromatic rings. The predicted octanol–water partition coefficient (Wildman–Crippen LogP) is 1.44. The number of hydrogen-bond donors (Lipinski definition) is 1. The summed E-state index contributed by atoms with van der Waals surface area (Å²) in [5.74, 6) is 0.150. The van der Waals surface area contributed by atoms with E-state index in [-0.39, 0.29) is 11.9 Å². The van der Waals surface area contributed by atoms with Crippen LogP contribution in [0.4, 0.5) is 16.0 Å². The van der Waals surface area contributed by atoms with Crippen molar-refractivity contribution < 1.29 is 4.39 Å². The Balaban J connectivity index is 1.74. The molecule has 10 heteroatoms. The molecule has 1 aromatic carbocycles. The van der Waals surface area contributed by atoms with Crippen LogP contribution >= 0.6 is 0 Å². The second kappa shape index (κ2) is 6.87. The SMILES string of the molecule is CC1=NN(CCNc2ccccc2F)c2nc3c(c(=O)n(C)c(=O)n3C)n2[C@H]1C. The minimum absolute atomic E-state index is 0.184. The van der Waals surface area contributed by atoms with Crippen molar-refractivity contribution in [2.75, 3.05) is 23.4 Å². The van der Waals surface area contributed by atoms with Crippen LogP contribution in [0.25, 0.3) is 11.2 Å². The molecule has 0 fully saturated rings. The van der Waals surface area contributed by atoms with Crippen molar-refractivity contribution in [2.24, 2.45) is 19.2 Å². The standard InChI is InChI=1S/C19H22FN7O2/c1-11-12(2)27-15-16(24(3)19(29)25(4)17(15)28)22-18(27)26(23-11)10-9-21-14-8-6-5-7-13(14)20/h5-8,12,21H,9-10H2,1-4H3/t12-/m0/s1. The van der Waals surface area contributed by atoms with E-state index in [9.17, 15) is 14.0 Å². The molecule has 0 spiro atoms. The van der Waals surface area contributed by atoms with Gasteiger partial charge < -0.3 is 5.32 Å². The van der Waals surface area contributed by atoms with Crippen LogP contribution < -0.4 is 21.6 Å². The zero-order valence-corrected chi connectivity index (χ0v) is 16.7. The molecule has 2 aromatic heterocycles. The molecular weight excluding hydrogens is 377 g/mol. The highest BCUT2D eigenvalue weighted by molar-refractivity contribution is 5.91. The third-order valence-electron chi connectivity index (χ3n) is 5.29. The van der Waals surface area contributed by atoms with Gasteiger partial charge in [-0.05, 0) is 26.0 Å². The number of hydrazone groups is 1. The van der Waals surface area contributed by atoms with Crippen molar-refractivity contribution >= 4 is 28.5 Å². The largest absolute Gasteiger partial charge is 0.381 e. The lowest BCUT2D eigenvalue weighted by atomic mass is 10.2. The molecular formula is C19H22FN7O2. The molecule has 1 atom stereocenters. The van der Waals surface area contributed by atoms with Crippen molar-refractivity contribution in [3.8, 4) is 0 Å².